The Morgan fingerprint density at radius 1 is 1.30 bits per heavy atom. The Kier molecular flexibility index (Phi) is 5.42. The van der Waals surface area contributed by atoms with Crippen LogP contribution in [0, 0.1) is 0 Å². The molecule has 0 spiro atoms. The normalized spacial score (nSPS) is 21.7. The van der Waals surface area contributed by atoms with Crippen LogP contribution in [-0.2, 0) is 14.8 Å². The van der Waals surface area contributed by atoms with Gasteiger partial charge in [0.15, 0.2) is 6.10 Å². The molecule has 1 atom stereocenters. The van der Waals surface area contributed by atoms with E-state index in [1.54, 1.807) is 6.92 Å². The second-order valence-corrected chi connectivity index (χ2v) is 7.50. The lowest BCUT2D eigenvalue weighted by atomic mass is 10.2. The van der Waals surface area contributed by atoms with E-state index < -0.39 is 16.1 Å². The van der Waals surface area contributed by atoms with Crippen molar-refractivity contribution in [1.29, 1.82) is 0 Å². The van der Waals surface area contributed by atoms with Gasteiger partial charge in [-0.1, -0.05) is 11.6 Å². The molecule has 128 valence electrons. The number of halogens is 2. The van der Waals surface area contributed by atoms with Gasteiger partial charge in [-0.15, -0.1) is 12.4 Å². The number of rotatable bonds is 2. The number of amides is 1. The van der Waals surface area contributed by atoms with E-state index in [0.717, 1.165) is 0 Å². The summed E-state index contributed by atoms with van der Waals surface area (Å²) in [5.74, 6) is 0.0199. The summed E-state index contributed by atoms with van der Waals surface area (Å²) in [5.41, 5.74) is 0.382. The molecule has 23 heavy (non-hydrogen) atoms. The van der Waals surface area contributed by atoms with E-state index in [-0.39, 0.29) is 28.2 Å². The number of benzene rings is 1. The van der Waals surface area contributed by atoms with E-state index >= 15 is 0 Å². The molecule has 1 aromatic rings. The summed E-state index contributed by atoms with van der Waals surface area (Å²) in [6.45, 7) is 3.58. The fraction of sp³-hybridized carbons (Fsp3) is 0.462. The van der Waals surface area contributed by atoms with E-state index in [4.69, 9.17) is 16.3 Å². The highest BCUT2D eigenvalue weighted by Crippen LogP contribution is 2.37. The number of sulfonamides is 1. The van der Waals surface area contributed by atoms with Gasteiger partial charge in [0.05, 0.1) is 10.7 Å². The van der Waals surface area contributed by atoms with Crippen molar-refractivity contribution in [2.45, 2.75) is 17.9 Å². The molecule has 0 saturated carbocycles. The fourth-order valence-corrected chi connectivity index (χ4v) is 4.39. The minimum Gasteiger partial charge on any atom is -0.479 e. The molecule has 7 nitrogen and oxygen atoms in total. The minimum absolute atomic E-state index is 0. The largest absolute Gasteiger partial charge is 0.479 e. The molecule has 0 aromatic heterocycles. The molecule has 0 aliphatic carbocycles. The lowest BCUT2D eigenvalue weighted by molar-refractivity contribution is -0.122. The van der Waals surface area contributed by atoms with Crippen LogP contribution in [0.1, 0.15) is 6.92 Å². The van der Waals surface area contributed by atoms with Crippen molar-refractivity contribution in [3.8, 4) is 5.75 Å². The number of carbonyl (C=O) groups is 1. The van der Waals surface area contributed by atoms with Gasteiger partial charge in [-0.3, -0.25) is 4.79 Å². The first-order valence-corrected chi connectivity index (χ1v) is 8.73. The Balaban J connectivity index is 0.00000192. The molecule has 2 aliphatic rings. The number of carbonyl (C=O) groups excluding carboxylic acids is 1. The molecule has 1 aromatic carbocycles. The topological polar surface area (TPSA) is 87.7 Å². The molecule has 0 bridgehead atoms. The molecule has 3 rings (SSSR count). The van der Waals surface area contributed by atoms with E-state index in [9.17, 15) is 13.2 Å². The standard InChI is InChI=1S/C13H16ClN3O4S.ClH/c1-8-13(18)16-10-6-9(14)12(7-11(10)21-8)22(19,20)17-4-2-15-3-5-17;/h6-8,15H,2-5H2,1H3,(H,16,18);1H. The molecule has 2 N–H and O–H groups in total. The van der Waals surface area contributed by atoms with Crippen molar-refractivity contribution in [2.75, 3.05) is 31.5 Å². The highest BCUT2D eigenvalue weighted by atomic mass is 35.5. The highest BCUT2D eigenvalue weighted by Gasteiger charge is 2.31. The zero-order valence-corrected chi connectivity index (χ0v) is 14.7. The van der Waals surface area contributed by atoms with Gasteiger partial charge in [0, 0.05) is 32.2 Å². The average Bonchev–Trinajstić information content (AvgIpc) is 2.49. The molecule has 2 aliphatic heterocycles. The molecular formula is C13H17Cl2N3O4S. The number of hydrogen-bond acceptors (Lipinski definition) is 5. The van der Waals surface area contributed by atoms with E-state index in [0.29, 0.717) is 37.6 Å². The van der Waals surface area contributed by atoms with Crippen molar-refractivity contribution < 1.29 is 17.9 Å². The third kappa shape index (κ3) is 3.41. The van der Waals surface area contributed by atoms with Crippen LogP contribution >= 0.6 is 24.0 Å². The van der Waals surface area contributed by atoms with Crippen LogP contribution in [0.4, 0.5) is 5.69 Å². The van der Waals surface area contributed by atoms with Crippen molar-refractivity contribution in [2.24, 2.45) is 0 Å². The van der Waals surface area contributed by atoms with Gasteiger partial charge in [-0.2, -0.15) is 4.31 Å². The van der Waals surface area contributed by atoms with Gasteiger partial charge < -0.3 is 15.4 Å². The maximum atomic E-state index is 12.7. The smallest absolute Gasteiger partial charge is 0.265 e. The Labute approximate surface area is 145 Å². The molecule has 1 unspecified atom stereocenters. The molecular weight excluding hydrogens is 365 g/mol. The second-order valence-electron chi connectivity index (χ2n) is 5.18. The summed E-state index contributed by atoms with van der Waals surface area (Å²) in [6.07, 6.45) is -0.677. The summed E-state index contributed by atoms with van der Waals surface area (Å²) < 4.78 is 32.3. The average molecular weight is 382 g/mol. The minimum atomic E-state index is -3.69. The van der Waals surface area contributed by atoms with E-state index in [1.807, 2.05) is 0 Å². The van der Waals surface area contributed by atoms with Gasteiger partial charge in [0.2, 0.25) is 10.0 Å². The molecule has 2 heterocycles. The van der Waals surface area contributed by atoms with Crippen molar-refractivity contribution >= 4 is 45.6 Å². The number of nitrogens with one attached hydrogen (secondary N) is 2. The maximum Gasteiger partial charge on any atom is 0.265 e. The Morgan fingerprint density at radius 2 is 1.96 bits per heavy atom. The van der Waals surface area contributed by atoms with Crippen LogP contribution < -0.4 is 15.4 Å². The number of hydrogen-bond donors (Lipinski definition) is 2. The number of nitrogens with zero attached hydrogens (tertiary/aromatic N) is 1. The van der Waals surface area contributed by atoms with E-state index in [2.05, 4.69) is 10.6 Å². The molecule has 1 saturated heterocycles. The lowest BCUT2D eigenvalue weighted by Crippen LogP contribution is -2.46. The third-order valence-corrected chi connectivity index (χ3v) is 6.02. The second kappa shape index (κ2) is 6.82. The monoisotopic (exact) mass is 381 g/mol. The summed E-state index contributed by atoms with van der Waals surface area (Å²) in [5, 5.41) is 5.81. The Hall–Kier alpha value is -1.06. The highest BCUT2D eigenvalue weighted by molar-refractivity contribution is 7.89. The van der Waals surface area contributed by atoms with Crippen LogP contribution in [0.25, 0.3) is 0 Å². The van der Waals surface area contributed by atoms with Crippen LogP contribution in [0.3, 0.4) is 0 Å². The van der Waals surface area contributed by atoms with Gasteiger partial charge in [-0.25, -0.2) is 8.42 Å². The number of fused-ring (bicyclic) bond motifs is 1. The molecule has 1 amide bonds. The van der Waals surface area contributed by atoms with Crippen LogP contribution in [-0.4, -0.2) is 50.9 Å². The number of ether oxygens (including phenoxy) is 1. The molecule has 1 fully saturated rings. The Morgan fingerprint density at radius 3 is 2.61 bits per heavy atom. The predicted molar refractivity (Wildman–Crippen MR) is 89.0 cm³/mol. The fourth-order valence-electron chi connectivity index (χ4n) is 2.43. The molecule has 0 radical (unpaired) electrons. The van der Waals surface area contributed by atoms with Crippen LogP contribution in [0.2, 0.25) is 5.02 Å². The number of piperazine rings is 1. The first kappa shape index (κ1) is 18.3. The summed E-state index contributed by atoms with van der Waals surface area (Å²) >= 11 is 6.12. The van der Waals surface area contributed by atoms with Crippen LogP contribution in [0.15, 0.2) is 17.0 Å². The number of anilines is 1. The third-order valence-electron chi connectivity index (χ3n) is 3.66. The first-order valence-electron chi connectivity index (χ1n) is 6.91. The predicted octanol–water partition coefficient (Wildman–Crippen LogP) is 1.08. The van der Waals surface area contributed by atoms with Gasteiger partial charge in [0.25, 0.3) is 5.91 Å². The van der Waals surface area contributed by atoms with Crippen molar-refractivity contribution in [3.63, 3.8) is 0 Å². The van der Waals surface area contributed by atoms with Gasteiger partial charge >= 0.3 is 0 Å². The summed E-state index contributed by atoms with van der Waals surface area (Å²) in [7, 11) is -3.69. The lowest BCUT2D eigenvalue weighted by Gasteiger charge is -2.28. The first-order chi connectivity index (χ1) is 10.4. The van der Waals surface area contributed by atoms with Crippen molar-refractivity contribution in [1.82, 2.24) is 9.62 Å². The van der Waals surface area contributed by atoms with Gasteiger partial charge in [0.1, 0.15) is 10.6 Å². The van der Waals surface area contributed by atoms with Crippen molar-refractivity contribution in [3.05, 3.63) is 17.2 Å². The zero-order valence-electron chi connectivity index (χ0n) is 12.3. The maximum absolute atomic E-state index is 12.7. The van der Waals surface area contributed by atoms with E-state index in [1.165, 1.54) is 16.4 Å². The SMILES string of the molecule is CC1Oc2cc(S(=O)(=O)N3CCNCC3)c(Cl)cc2NC1=O.Cl. The molecule has 10 heteroatoms. The zero-order chi connectivity index (χ0) is 15.9. The quantitative estimate of drug-likeness (QED) is 0.799. The van der Waals surface area contributed by atoms with Crippen LogP contribution in [0.5, 0.6) is 5.75 Å². The summed E-state index contributed by atoms with van der Waals surface area (Å²) in [4.78, 5) is 11.6. The Bertz CT molecular complexity index is 720. The van der Waals surface area contributed by atoms with Gasteiger partial charge in [-0.05, 0) is 13.0 Å². The summed E-state index contributed by atoms with van der Waals surface area (Å²) in [6, 6.07) is 2.79.